The van der Waals surface area contributed by atoms with E-state index in [1.54, 1.807) is 24.3 Å². The lowest BCUT2D eigenvalue weighted by atomic mass is 9.92. The molecule has 1 atom stereocenters. The lowest BCUT2D eigenvalue weighted by molar-refractivity contribution is -0.109. The molecule has 4 heteroatoms. The highest BCUT2D eigenvalue weighted by atomic mass is 16.3. The molecule has 0 bridgehead atoms. The van der Waals surface area contributed by atoms with Gasteiger partial charge in [-0.25, -0.2) is 0 Å². The van der Waals surface area contributed by atoms with E-state index < -0.39 is 5.92 Å². The first-order chi connectivity index (χ1) is 9.10. The van der Waals surface area contributed by atoms with Crippen LogP contribution in [0.3, 0.4) is 0 Å². The molecule has 3 N–H and O–H groups in total. The maximum Gasteiger partial charge on any atom is 0.127 e. The third kappa shape index (κ3) is 3.04. The van der Waals surface area contributed by atoms with Crippen LogP contribution in [0, 0.1) is 0 Å². The molecule has 2 rings (SSSR count). The number of phenols is 3. The molecular weight excluding hydrogens is 244 g/mol. The maximum absolute atomic E-state index is 11.2. The predicted octanol–water partition coefficient (Wildman–Crippen LogP) is 2.33. The Balaban J connectivity index is 2.25. The Bertz CT molecular complexity index is 575. The second-order valence-electron chi connectivity index (χ2n) is 4.36. The van der Waals surface area contributed by atoms with E-state index in [0.717, 1.165) is 11.8 Å². The van der Waals surface area contributed by atoms with Gasteiger partial charge in [-0.15, -0.1) is 0 Å². The third-order valence-electron chi connectivity index (χ3n) is 2.97. The van der Waals surface area contributed by atoms with Crippen molar-refractivity contribution in [1.82, 2.24) is 0 Å². The zero-order valence-corrected chi connectivity index (χ0v) is 10.2. The highest BCUT2D eigenvalue weighted by molar-refractivity contribution is 5.65. The summed E-state index contributed by atoms with van der Waals surface area (Å²) in [5.74, 6) is -0.476. The summed E-state index contributed by atoms with van der Waals surface area (Å²) in [5.41, 5.74) is 1.35. The molecular formula is C15H14O4. The largest absolute Gasteiger partial charge is 0.508 e. The van der Waals surface area contributed by atoms with Gasteiger partial charge in [0.2, 0.25) is 0 Å². The molecule has 4 nitrogen and oxygen atoms in total. The lowest BCUT2D eigenvalue weighted by Crippen LogP contribution is -2.04. The molecule has 0 aliphatic heterocycles. The Hall–Kier alpha value is -2.49. The lowest BCUT2D eigenvalue weighted by Gasteiger charge is -2.13. The van der Waals surface area contributed by atoms with Gasteiger partial charge in [-0.1, -0.05) is 18.2 Å². The van der Waals surface area contributed by atoms with Crippen LogP contribution < -0.4 is 0 Å². The van der Waals surface area contributed by atoms with E-state index in [-0.39, 0.29) is 17.2 Å². The molecule has 0 aliphatic rings. The van der Waals surface area contributed by atoms with Crippen LogP contribution >= 0.6 is 0 Å². The normalized spacial score (nSPS) is 12.0. The van der Waals surface area contributed by atoms with Crippen molar-refractivity contribution in [3.63, 3.8) is 0 Å². The van der Waals surface area contributed by atoms with Gasteiger partial charge in [0, 0.05) is 17.5 Å². The van der Waals surface area contributed by atoms with Gasteiger partial charge in [0.1, 0.15) is 23.5 Å². The smallest absolute Gasteiger partial charge is 0.127 e. The van der Waals surface area contributed by atoms with Gasteiger partial charge in [-0.2, -0.15) is 0 Å². The first-order valence-corrected chi connectivity index (χ1v) is 5.85. The van der Waals surface area contributed by atoms with E-state index in [1.165, 1.54) is 18.2 Å². The van der Waals surface area contributed by atoms with Crippen LogP contribution in [0.25, 0.3) is 0 Å². The fourth-order valence-corrected chi connectivity index (χ4v) is 1.96. The molecule has 0 spiro atoms. The Morgan fingerprint density at radius 2 is 1.58 bits per heavy atom. The van der Waals surface area contributed by atoms with E-state index in [0.29, 0.717) is 12.0 Å². The van der Waals surface area contributed by atoms with Crippen molar-refractivity contribution in [2.24, 2.45) is 0 Å². The van der Waals surface area contributed by atoms with Gasteiger partial charge in [-0.3, -0.25) is 0 Å². The van der Waals surface area contributed by atoms with Gasteiger partial charge in [0.25, 0.3) is 0 Å². The van der Waals surface area contributed by atoms with Crippen molar-refractivity contribution < 1.29 is 20.1 Å². The first kappa shape index (κ1) is 13.0. The number of phenolic OH excluding ortho intramolecular Hbond substituents is 3. The number of aldehydes is 1. The van der Waals surface area contributed by atoms with Crippen LogP contribution in [0.4, 0.5) is 0 Å². The number of aromatic hydroxyl groups is 3. The summed E-state index contributed by atoms with van der Waals surface area (Å²) in [4.78, 5) is 11.2. The second kappa shape index (κ2) is 5.44. The highest BCUT2D eigenvalue weighted by Gasteiger charge is 2.15. The molecule has 0 amide bonds. The van der Waals surface area contributed by atoms with E-state index >= 15 is 0 Å². The van der Waals surface area contributed by atoms with Crippen LogP contribution in [0.15, 0.2) is 42.5 Å². The molecule has 0 saturated carbocycles. The van der Waals surface area contributed by atoms with Crippen molar-refractivity contribution in [1.29, 1.82) is 0 Å². The quantitative estimate of drug-likeness (QED) is 0.735. The van der Waals surface area contributed by atoms with Gasteiger partial charge < -0.3 is 20.1 Å². The zero-order valence-electron chi connectivity index (χ0n) is 10.2. The number of hydrogen-bond acceptors (Lipinski definition) is 4. The minimum Gasteiger partial charge on any atom is -0.508 e. The van der Waals surface area contributed by atoms with Crippen molar-refractivity contribution >= 4 is 6.29 Å². The molecule has 0 saturated heterocycles. The first-order valence-electron chi connectivity index (χ1n) is 5.85. The predicted molar refractivity (Wildman–Crippen MR) is 70.4 cm³/mol. The molecule has 0 heterocycles. The molecule has 0 radical (unpaired) electrons. The van der Waals surface area contributed by atoms with E-state index in [2.05, 4.69) is 0 Å². The molecule has 1 unspecified atom stereocenters. The van der Waals surface area contributed by atoms with E-state index in [9.17, 15) is 20.1 Å². The summed E-state index contributed by atoms with van der Waals surface area (Å²) in [6.07, 6.45) is 1.18. The van der Waals surface area contributed by atoms with Crippen molar-refractivity contribution in [3.05, 3.63) is 53.6 Å². The van der Waals surface area contributed by atoms with Crippen molar-refractivity contribution in [2.75, 3.05) is 0 Å². The summed E-state index contributed by atoms with van der Waals surface area (Å²) < 4.78 is 0. The SMILES string of the molecule is O=CC(Cc1ccc(O)cc1)c1ccc(O)cc1O. The molecule has 0 fully saturated rings. The number of hydrogen-bond donors (Lipinski definition) is 3. The number of rotatable bonds is 4. The molecule has 98 valence electrons. The molecule has 19 heavy (non-hydrogen) atoms. The molecule has 2 aromatic carbocycles. The molecule has 2 aromatic rings. The van der Waals surface area contributed by atoms with Gasteiger partial charge in [0.15, 0.2) is 0 Å². The fraction of sp³-hybridized carbons (Fsp3) is 0.133. The van der Waals surface area contributed by atoms with E-state index in [4.69, 9.17) is 0 Å². The summed E-state index contributed by atoms with van der Waals surface area (Å²) in [5, 5.41) is 28.2. The topological polar surface area (TPSA) is 77.8 Å². The van der Waals surface area contributed by atoms with Crippen molar-refractivity contribution in [2.45, 2.75) is 12.3 Å². The van der Waals surface area contributed by atoms with Crippen LogP contribution in [0.5, 0.6) is 17.2 Å². The Labute approximate surface area is 110 Å². The van der Waals surface area contributed by atoms with Crippen LogP contribution in [0.1, 0.15) is 17.0 Å². The summed E-state index contributed by atoms with van der Waals surface area (Å²) in [6.45, 7) is 0. The number of benzene rings is 2. The second-order valence-corrected chi connectivity index (χ2v) is 4.36. The monoisotopic (exact) mass is 258 g/mol. The molecule has 0 aliphatic carbocycles. The minimum absolute atomic E-state index is 0.0458. The van der Waals surface area contributed by atoms with Gasteiger partial charge in [-0.05, 0) is 30.2 Å². The highest BCUT2D eigenvalue weighted by Crippen LogP contribution is 2.30. The fourth-order valence-electron chi connectivity index (χ4n) is 1.96. The van der Waals surface area contributed by atoms with E-state index in [1.807, 2.05) is 0 Å². The Morgan fingerprint density at radius 3 is 2.16 bits per heavy atom. The summed E-state index contributed by atoms with van der Waals surface area (Å²) in [7, 11) is 0. The third-order valence-corrected chi connectivity index (χ3v) is 2.97. The summed E-state index contributed by atoms with van der Waals surface area (Å²) in [6, 6.07) is 10.7. The van der Waals surface area contributed by atoms with Gasteiger partial charge in [0.05, 0.1) is 0 Å². The zero-order chi connectivity index (χ0) is 13.8. The standard InChI is InChI=1S/C15H14O4/c16-9-11(7-10-1-3-12(17)4-2-10)14-6-5-13(18)8-15(14)19/h1-6,8-9,11,17-19H,7H2. The van der Waals surface area contributed by atoms with Crippen LogP contribution in [0.2, 0.25) is 0 Å². The van der Waals surface area contributed by atoms with Gasteiger partial charge >= 0.3 is 0 Å². The number of carbonyl (C=O) groups is 1. The maximum atomic E-state index is 11.2. The number of carbonyl (C=O) groups excluding carboxylic acids is 1. The van der Waals surface area contributed by atoms with Crippen molar-refractivity contribution in [3.8, 4) is 17.2 Å². The minimum atomic E-state index is -0.495. The average molecular weight is 258 g/mol. The average Bonchev–Trinajstić information content (AvgIpc) is 2.39. The summed E-state index contributed by atoms with van der Waals surface area (Å²) >= 11 is 0. The van der Waals surface area contributed by atoms with Crippen LogP contribution in [-0.2, 0) is 11.2 Å². The Morgan fingerprint density at radius 1 is 0.947 bits per heavy atom. The molecule has 0 aromatic heterocycles. The van der Waals surface area contributed by atoms with Crippen LogP contribution in [-0.4, -0.2) is 21.6 Å². The Kier molecular flexibility index (Phi) is 3.71.